The first-order chi connectivity index (χ1) is 7.98. The first-order valence-corrected chi connectivity index (χ1v) is 7.23. The summed E-state index contributed by atoms with van der Waals surface area (Å²) >= 11 is 0. The number of hydrogen-bond acceptors (Lipinski definition) is 5. The second-order valence-corrected chi connectivity index (χ2v) is 5.08. The van der Waals surface area contributed by atoms with Crippen LogP contribution in [0.4, 0.5) is 0 Å². The highest BCUT2D eigenvalue weighted by Gasteiger charge is 2.40. The van der Waals surface area contributed by atoms with E-state index >= 15 is 0 Å². The van der Waals surface area contributed by atoms with E-state index in [0.717, 1.165) is 12.8 Å². The number of rotatable bonds is 7. The third-order valence-corrected chi connectivity index (χ3v) is 3.14. The van der Waals surface area contributed by atoms with Crippen LogP contribution in [-0.4, -0.2) is 44.5 Å². The number of unbranched alkanes of at least 4 members (excludes halogenated alkanes) is 1. The van der Waals surface area contributed by atoms with E-state index in [0.29, 0.717) is 19.6 Å². The molecule has 1 aliphatic rings. The molecule has 1 rings (SSSR count). The van der Waals surface area contributed by atoms with Gasteiger partial charge in [-0.25, -0.2) is 4.18 Å². The quantitative estimate of drug-likeness (QED) is 0.551. The van der Waals surface area contributed by atoms with Crippen molar-refractivity contribution in [3.8, 4) is 0 Å². The van der Waals surface area contributed by atoms with Crippen molar-refractivity contribution in [1.82, 2.24) is 0 Å². The second-order valence-electron chi connectivity index (χ2n) is 4.03. The van der Waals surface area contributed by atoms with Gasteiger partial charge in [0.2, 0.25) is 0 Å². The Hall–Kier alpha value is -0.210. The molecule has 17 heavy (non-hydrogen) atoms. The number of ether oxygens (including phenoxy) is 2. The molecule has 102 valence electrons. The molecule has 7 heteroatoms. The lowest BCUT2D eigenvalue weighted by Gasteiger charge is -2.20. The molecule has 1 N–H and O–H groups in total. The first kappa shape index (κ1) is 14.8. The molecule has 0 amide bonds. The van der Waals surface area contributed by atoms with Crippen molar-refractivity contribution in [3.63, 3.8) is 0 Å². The van der Waals surface area contributed by atoms with E-state index < -0.39 is 22.6 Å². The van der Waals surface area contributed by atoms with Crippen LogP contribution in [0.2, 0.25) is 0 Å². The molecule has 6 nitrogen and oxygen atoms in total. The summed E-state index contributed by atoms with van der Waals surface area (Å²) in [6, 6.07) is 0. The van der Waals surface area contributed by atoms with Crippen LogP contribution in [0.25, 0.3) is 0 Å². The first-order valence-electron chi connectivity index (χ1n) is 5.86. The van der Waals surface area contributed by atoms with Crippen LogP contribution in [0.15, 0.2) is 0 Å². The lowest BCUT2D eigenvalue weighted by atomic mass is 10.1. The Bertz CT molecular complexity index is 315. The van der Waals surface area contributed by atoms with Crippen LogP contribution >= 0.6 is 0 Å². The second kappa shape index (κ2) is 6.65. The van der Waals surface area contributed by atoms with Crippen molar-refractivity contribution < 1.29 is 26.6 Å². The van der Waals surface area contributed by atoms with Gasteiger partial charge in [-0.1, -0.05) is 20.3 Å². The highest BCUT2D eigenvalue weighted by Crippen LogP contribution is 2.24. The topological polar surface area (TPSA) is 82.1 Å². The Labute approximate surface area is 102 Å². The van der Waals surface area contributed by atoms with E-state index in [9.17, 15) is 8.42 Å². The van der Waals surface area contributed by atoms with Gasteiger partial charge in [0.25, 0.3) is 0 Å². The van der Waals surface area contributed by atoms with Gasteiger partial charge in [0.05, 0.1) is 12.7 Å². The summed E-state index contributed by atoms with van der Waals surface area (Å²) in [6.07, 6.45) is 0.942. The minimum Gasteiger partial charge on any atom is -0.373 e. The standard InChI is InChI=1S/C10H20O6S/c1-3-5-6-14-9-7-15-8(4-2)10(9)16-17(11,12)13/h8-10H,3-7H2,1-2H3,(H,11,12,13)/t8-,9-,10-/m1/s1. The fourth-order valence-corrected chi connectivity index (χ4v) is 2.31. The minimum absolute atomic E-state index is 0.294. The minimum atomic E-state index is -4.47. The maximum absolute atomic E-state index is 10.7. The molecule has 1 saturated heterocycles. The zero-order valence-corrected chi connectivity index (χ0v) is 11.0. The molecule has 0 saturated carbocycles. The van der Waals surface area contributed by atoms with E-state index in [1.54, 1.807) is 0 Å². The maximum atomic E-state index is 10.7. The summed E-state index contributed by atoms with van der Waals surface area (Å²) in [7, 11) is -4.47. The van der Waals surface area contributed by atoms with E-state index in [1.807, 2.05) is 13.8 Å². The van der Waals surface area contributed by atoms with Gasteiger partial charge >= 0.3 is 10.4 Å². The van der Waals surface area contributed by atoms with Crippen molar-refractivity contribution in [2.24, 2.45) is 0 Å². The Morgan fingerprint density at radius 1 is 1.41 bits per heavy atom. The third-order valence-electron chi connectivity index (χ3n) is 2.67. The molecule has 0 aliphatic carbocycles. The van der Waals surface area contributed by atoms with E-state index in [1.165, 1.54) is 0 Å². The zero-order chi connectivity index (χ0) is 12.9. The molecule has 0 aromatic rings. The molecule has 1 aliphatic heterocycles. The van der Waals surface area contributed by atoms with Gasteiger partial charge in [-0.2, -0.15) is 8.42 Å². The maximum Gasteiger partial charge on any atom is 0.397 e. The van der Waals surface area contributed by atoms with Gasteiger partial charge in [-0.3, -0.25) is 4.55 Å². The highest BCUT2D eigenvalue weighted by atomic mass is 32.3. The third kappa shape index (κ3) is 4.89. The summed E-state index contributed by atoms with van der Waals surface area (Å²) in [5, 5.41) is 0. The smallest absolute Gasteiger partial charge is 0.373 e. The lowest BCUT2D eigenvalue weighted by Crippen LogP contribution is -2.36. The van der Waals surface area contributed by atoms with Gasteiger partial charge in [0.15, 0.2) is 0 Å². The summed E-state index contributed by atoms with van der Waals surface area (Å²) in [5.41, 5.74) is 0. The molecule has 1 fully saturated rings. The van der Waals surface area contributed by atoms with Crippen LogP contribution in [0.1, 0.15) is 33.1 Å². The molecule has 1 heterocycles. The predicted molar refractivity (Wildman–Crippen MR) is 61.1 cm³/mol. The van der Waals surface area contributed by atoms with Crippen molar-refractivity contribution >= 4 is 10.4 Å². The molecular formula is C10H20O6S. The molecule has 0 aromatic carbocycles. The van der Waals surface area contributed by atoms with Gasteiger partial charge in [-0.15, -0.1) is 0 Å². The van der Waals surface area contributed by atoms with E-state index in [-0.39, 0.29) is 6.10 Å². The summed E-state index contributed by atoms with van der Waals surface area (Å²) in [5.74, 6) is 0. The van der Waals surface area contributed by atoms with Gasteiger partial charge in [0, 0.05) is 6.61 Å². The summed E-state index contributed by atoms with van der Waals surface area (Å²) in [4.78, 5) is 0. The predicted octanol–water partition coefficient (Wildman–Crippen LogP) is 1.17. The average Bonchev–Trinajstić information content (AvgIpc) is 2.59. The van der Waals surface area contributed by atoms with Crippen LogP contribution < -0.4 is 0 Å². The molecule has 0 bridgehead atoms. The summed E-state index contributed by atoms with van der Waals surface area (Å²) in [6.45, 7) is 4.73. The van der Waals surface area contributed by atoms with Gasteiger partial charge in [-0.05, 0) is 12.8 Å². The largest absolute Gasteiger partial charge is 0.397 e. The normalized spacial score (nSPS) is 29.7. The van der Waals surface area contributed by atoms with Crippen molar-refractivity contribution in [2.45, 2.75) is 51.4 Å². The van der Waals surface area contributed by atoms with Crippen LogP contribution in [0.5, 0.6) is 0 Å². The zero-order valence-electron chi connectivity index (χ0n) is 10.2. The fraction of sp³-hybridized carbons (Fsp3) is 1.00. The van der Waals surface area contributed by atoms with E-state index in [2.05, 4.69) is 4.18 Å². The summed E-state index contributed by atoms with van der Waals surface area (Å²) < 4.78 is 45.7. The Morgan fingerprint density at radius 3 is 2.65 bits per heavy atom. The molecule has 0 radical (unpaired) electrons. The number of hydrogen-bond donors (Lipinski definition) is 1. The van der Waals surface area contributed by atoms with Crippen molar-refractivity contribution in [3.05, 3.63) is 0 Å². The molecule has 0 aromatic heterocycles. The SMILES string of the molecule is CCCCO[C@@H]1CO[C@H](CC)[C@H]1OS(=O)(=O)O. The highest BCUT2D eigenvalue weighted by molar-refractivity contribution is 7.80. The van der Waals surface area contributed by atoms with Crippen LogP contribution in [0.3, 0.4) is 0 Å². The Kier molecular flexibility index (Phi) is 5.81. The molecule has 0 spiro atoms. The van der Waals surface area contributed by atoms with Gasteiger partial charge < -0.3 is 9.47 Å². The van der Waals surface area contributed by atoms with Gasteiger partial charge in [0.1, 0.15) is 12.2 Å². The van der Waals surface area contributed by atoms with Crippen molar-refractivity contribution in [2.75, 3.05) is 13.2 Å². The Morgan fingerprint density at radius 2 is 2.12 bits per heavy atom. The monoisotopic (exact) mass is 268 g/mol. The molecule has 0 unspecified atom stereocenters. The Balaban J connectivity index is 2.56. The van der Waals surface area contributed by atoms with E-state index in [4.69, 9.17) is 14.0 Å². The average molecular weight is 268 g/mol. The van der Waals surface area contributed by atoms with Crippen molar-refractivity contribution in [1.29, 1.82) is 0 Å². The molecular weight excluding hydrogens is 248 g/mol. The molecule has 3 atom stereocenters. The van der Waals surface area contributed by atoms with Crippen LogP contribution in [0, 0.1) is 0 Å². The van der Waals surface area contributed by atoms with Crippen LogP contribution in [-0.2, 0) is 24.1 Å². The lowest BCUT2D eigenvalue weighted by molar-refractivity contribution is -0.00876. The fourth-order valence-electron chi connectivity index (χ4n) is 1.78.